The zero-order valence-corrected chi connectivity index (χ0v) is 12.7. The minimum absolute atomic E-state index is 0.135. The van der Waals surface area contributed by atoms with Crippen molar-refractivity contribution in [2.75, 3.05) is 11.9 Å². The second-order valence-corrected chi connectivity index (χ2v) is 5.50. The molecule has 20 heavy (non-hydrogen) atoms. The standard InChI is InChI=1S/C13H21ClN4O2/c1-10(2)7-5-3-4-6-8-15-13-11(18(19)20)12(14)16-9-17-13/h9-10H,3-8H2,1-2H3,(H,15,16,17). The Morgan fingerprint density at radius 1 is 1.30 bits per heavy atom. The Labute approximate surface area is 124 Å². The lowest BCUT2D eigenvalue weighted by molar-refractivity contribution is -0.384. The number of nitro groups is 1. The van der Waals surface area contributed by atoms with Gasteiger partial charge in [0.2, 0.25) is 11.0 Å². The fraction of sp³-hybridized carbons (Fsp3) is 0.692. The number of nitrogens with zero attached hydrogens (tertiary/aromatic N) is 3. The highest BCUT2D eigenvalue weighted by molar-refractivity contribution is 6.31. The zero-order chi connectivity index (χ0) is 15.0. The number of hydrogen-bond donors (Lipinski definition) is 1. The van der Waals surface area contributed by atoms with Crippen molar-refractivity contribution >= 4 is 23.1 Å². The van der Waals surface area contributed by atoms with Crippen molar-refractivity contribution in [3.63, 3.8) is 0 Å². The average molecular weight is 301 g/mol. The van der Waals surface area contributed by atoms with Gasteiger partial charge in [0.15, 0.2) is 0 Å². The Hall–Kier alpha value is -1.43. The zero-order valence-electron chi connectivity index (χ0n) is 11.9. The van der Waals surface area contributed by atoms with E-state index in [4.69, 9.17) is 11.6 Å². The summed E-state index contributed by atoms with van der Waals surface area (Å²) in [5.74, 6) is 0.941. The van der Waals surface area contributed by atoms with Gasteiger partial charge in [-0.25, -0.2) is 9.97 Å². The number of aromatic nitrogens is 2. The smallest absolute Gasteiger partial charge is 0.348 e. The topological polar surface area (TPSA) is 81.0 Å². The summed E-state index contributed by atoms with van der Waals surface area (Å²) in [4.78, 5) is 17.8. The van der Waals surface area contributed by atoms with Gasteiger partial charge in [0.1, 0.15) is 6.33 Å². The predicted molar refractivity (Wildman–Crippen MR) is 80.1 cm³/mol. The van der Waals surface area contributed by atoms with Crippen LogP contribution in [0.25, 0.3) is 0 Å². The van der Waals surface area contributed by atoms with Gasteiger partial charge in [-0.1, -0.05) is 51.1 Å². The van der Waals surface area contributed by atoms with Gasteiger partial charge >= 0.3 is 5.69 Å². The van der Waals surface area contributed by atoms with E-state index in [0.717, 1.165) is 18.8 Å². The molecule has 6 nitrogen and oxygen atoms in total. The van der Waals surface area contributed by atoms with Crippen molar-refractivity contribution in [1.82, 2.24) is 9.97 Å². The highest BCUT2D eigenvalue weighted by Crippen LogP contribution is 2.28. The summed E-state index contributed by atoms with van der Waals surface area (Å²) in [5.41, 5.74) is -0.256. The maximum atomic E-state index is 10.9. The lowest BCUT2D eigenvalue weighted by Crippen LogP contribution is -2.07. The Balaban J connectivity index is 2.32. The third-order valence-corrected chi connectivity index (χ3v) is 3.24. The second-order valence-electron chi connectivity index (χ2n) is 5.14. The van der Waals surface area contributed by atoms with Crippen molar-refractivity contribution in [1.29, 1.82) is 0 Å². The largest absolute Gasteiger partial charge is 0.364 e. The molecule has 1 rings (SSSR count). The monoisotopic (exact) mass is 300 g/mol. The minimum Gasteiger partial charge on any atom is -0.364 e. The molecule has 0 aliphatic rings. The summed E-state index contributed by atoms with van der Waals surface area (Å²) in [6.07, 6.45) is 6.95. The molecule has 0 unspecified atom stereocenters. The molecular weight excluding hydrogens is 280 g/mol. The van der Waals surface area contributed by atoms with Gasteiger partial charge in [-0.2, -0.15) is 0 Å². The maximum Gasteiger partial charge on any atom is 0.348 e. The van der Waals surface area contributed by atoms with E-state index in [-0.39, 0.29) is 16.7 Å². The van der Waals surface area contributed by atoms with Gasteiger partial charge in [-0.15, -0.1) is 0 Å². The van der Waals surface area contributed by atoms with Gasteiger partial charge in [-0.05, 0) is 12.3 Å². The molecule has 0 bridgehead atoms. The molecule has 0 saturated carbocycles. The van der Waals surface area contributed by atoms with Gasteiger partial charge in [0.25, 0.3) is 0 Å². The molecule has 7 heteroatoms. The third-order valence-electron chi connectivity index (χ3n) is 2.96. The maximum absolute atomic E-state index is 10.9. The summed E-state index contributed by atoms with van der Waals surface area (Å²) in [6, 6.07) is 0. The van der Waals surface area contributed by atoms with Crippen LogP contribution in [0.4, 0.5) is 11.5 Å². The van der Waals surface area contributed by atoms with Crippen LogP contribution in [-0.4, -0.2) is 21.4 Å². The average Bonchev–Trinajstić information content (AvgIpc) is 2.36. The van der Waals surface area contributed by atoms with Crippen LogP contribution in [0, 0.1) is 16.0 Å². The molecule has 0 aliphatic carbocycles. The predicted octanol–water partition coefficient (Wildman–Crippen LogP) is 4.06. The number of nitrogens with one attached hydrogen (secondary N) is 1. The van der Waals surface area contributed by atoms with E-state index in [1.807, 2.05) is 0 Å². The lowest BCUT2D eigenvalue weighted by atomic mass is 10.0. The number of unbranched alkanes of at least 4 members (excludes halogenated alkanes) is 3. The summed E-state index contributed by atoms with van der Waals surface area (Å²) in [7, 11) is 0. The second kappa shape index (κ2) is 8.68. The summed E-state index contributed by atoms with van der Waals surface area (Å²) in [6.45, 7) is 5.09. The van der Waals surface area contributed by atoms with E-state index in [1.54, 1.807) is 0 Å². The van der Waals surface area contributed by atoms with Crippen molar-refractivity contribution in [3.05, 3.63) is 21.6 Å². The molecular formula is C13H21ClN4O2. The molecule has 1 heterocycles. The van der Waals surface area contributed by atoms with Crippen LogP contribution < -0.4 is 5.32 Å². The molecule has 1 aromatic heterocycles. The number of hydrogen-bond acceptors (Lipinski definition) is 5. The molecule has 1 aromatic rings. The highest BCUT2D eigenvalue weighted by Gasteiger charge is 2.20. The van der Waals surface area contributed by atoms with Crippen LogP contribution in [0.2, 0.25) is 5.15 Å². The van der Waals surface area contributed by atoms with Crippen LogP contribution >= 0.6 is 11.6 Å². The highest BCUT2D eigenvalue weighted by atomic mass is 35.5. The quantitative estimate of drug-likeness (QED) is 0.322. The summed E-state index contributed by atoms with van der Waals surface area (Å²) >= 11 is 5.70. The van der Waals surface area contributed by atoms with Crippen molar-refractivity contribution in [3.8, 4) is 0 Å². The number of anilines is 1. The Bertz CT molecular complexity index is 440. The van der Waals surface area contributed by atoms with Crippen LogP contribution in [0.1, 0.15) is 46.0 Å². The van der Waals surface area contributed by atoms with Gasteiger partial charge in [0.05, 0.1) is 4.92 Å². The number of halogens is 1. The van der Waals surface area contributed by atoms with Crippen molar-refractivity contribution < 1.29 is 4.92 Å². The van der Waals surface area contributed by atoms with Gasteiger partial charge < -0.3 is 5.32 Å². The molecule has 0 radical (unpaired) electrons. The number of rotatable bonds is 9. The van der Waals surface area contributed by atoms with Gasteiger partial charge in [-0.3, -0.25) is 10.1 Å². The van der Waals surface area contributed by atoms with E-state index in [0.29, 0.717) is 6.54 Å². The third kappa shape index (κ3) is 5.69. The molecule has 0 fully saturated rings. The first-order chi connectivity index (χ1) is 9.52. The van der Waals surface area contributed by atoms with Crippen LogP contribution in [-0.2, 0) is 0 Å². The molecule has 0 spiro atoms. The molecule has 112 valence electrons. The Morgan fingerprint density at radius 2 is 2.00 bits per heavy atom. The van der Waals surface area contributed by atoms with Crippen molar-refractivity contribution in [2.24, 2.45) is 5.92 Å². The Morgan fingerprint density at radius 3 is 2.65 bits per heavy atom. The fourth-order valence-corrected chi connectivity index (χ4v) is 2.09. The first-order valence-corrected chi connectivity index (χ1v) is 7.29. The minimum atomic E-state index is -0.562. The molecule has 1 N–H and O–H groups in total. The van der Waals surface area contributed by atoms with E-state index in [2.05, 4.69) is 29.1 Å². The summed E-state index contributed by atoms with van der Waals surface area (Å²) < 4.78 is 0. The molecule has 0 aliphatic heterocycles. The lowest BCUT2D eigenvalue weighted by Gasteiger charge is -2.07. The van der Waals surface area contributed by atoms with E-state index >= 15 is 0 Å². The van der Waals surface area contributed by atoms with Crippen molar-refractivity contribution in [2.45, 2.75) is 46.0 Å². The molecule has 0 atom stereocenters. The van der Waals surface area contributed by atoms with E-state index in [1.165, 1.54) is 25.6 Å². The SMILES string of the molecule is CC(C)CCCCCCNc1ncnc(Cl)c1[N+](=O)[O-]. The van der Waals surface area contributed by atoms with Crippen LogP contribution in [0.3, 0.4) is 0 Å². The van der Waals surface area contributed by atoms with Crippen LogP contribution in [0.15, 0.2) is 6.33 Å². The molecule has 0 aromatic carbocycles. The molecule has 0 amide bonds. The van der Waals surface area contributed by atoms with Gasteiger partial charge in [0, 0.05) is 6.54 Å². The Kier molecular flexibility index (Phi) is 7.22. The summed E-state index contributed by atoms with van der Waals surface area (Å²) in [5, 5.41) is 13.7. The van der Waals surface area contributed by atoms with Crippen LogP contribution in [0.5, 0.6) is 0 Å². The first-order valence-electron chi connectivity index (χ1n) is 6.91. The fourth-order valence-electron chi connectivity index (χ4n) is 1.89. The van der Waals surface area contributed by atoms with E-state index in [9.17, 15) is 10.1 Å². The van der Waals surface area contributed by atoms with E-state index < -0.39 is 4.92 Å². The molecule has 0 saturated heterocycles. The normalized spacial score (nSPS) is 10.8. The first kappa shape index (κ1) is 16.6.